The first kappa shape index (κ1) is 18.4. The molecule has 1 unspecified atom stereocenters. The highest BCUT2D eigenvalue weighted by Crippen LogP contribution is 2.23. The van der Waals surface area contributed by atoms with Gasteiger partial charge in [0.05, 0.1) is 19.0 Å². The van der Waals surface area contributed by atoms with Crippen LogP contribution in [0.25, 0.3) is 0 Å². The molecule has 2 N–H and O–H groups in total. The topological polar surface area (TPSA) is 78.5 Å². The number of imide groups is 1. The van der Waals surface area contributed by atoms with Crippen molar-refractivity contribution in [1.29, 1.82) is 0 Å². The summed E-state index contributed by atoms with van der Waals surface area (Å²) in [4.78, 5) is 38.0. The SMILES string of the molecule is C=CCNC(=O)c1ccc(CN2C(=O)CC(c3ccccc3)NC2=O)cc1. The molecule has 6 nitrogen and oxygen atoms in total. The lowest BCUT2D eigenvalue weighted by Crippen LogP contribution is -2.50. The van der Waals surface area contributed by atoms with E-state index in [1.807, 2.05) is 30.3 Å². The van der Waals surface area contributed by atoms with E-state index in [0.717, 1.165) is 11.1 Å². The van der Waals surface area contributed by atoms with Gasteiger partial charge in [-0.25, -0.2) is 4.79 Å². The number of amides is 4. The maximum Gasteiger partial charge on any atom is 0.324 e. The lowest BCUT2D eigenvalue weighted by atomic mass is 10.0. The van der Waals surface area contributed by atoms with Gasteiger partial charge in [0.1, 0.15) is 0 Å². The number of hydrogen-bond acceptors (Lipinski definition) is 3. The van der Waals surface area contributed by atoms with Crippen molar-refractivity contribution in [2.45, 2.75) is 19.0 Å². The number of nitrogens with zero attached hydrogens (tertiary/aromatic N) is 1. The highest BCUT2D eigenvalue weighted by atomic mass is 16.2. The molecule has 0 bridgehead atoms. The van der Waals surface area contributed by atoms with Crippen LogP contribution in [0.15, 0.2) is 67.3 Å². The number of nitrogens with one attached hydrogen (secondary N) is 2. The molecule has 4 amide bonds. The molecule has 0 spiro atoms. The molecule has 2 aromatic rings. The van der Waals surface area contributed by atoms with E-state index < -0.39 is 6.03 Å². The van der Waals surface area contributed by atoms with Crippen molar-refractivity contribution in [2.24, 2.45) is 0 Å². The Hall–Kier alpha value is -3.41. The molecule has 6 heteroatoms. The molecule has 1 heterocycles. The smallest absolute Gasteiger partial charge is 0.324 e. The second-order valence-corrected chi connectivity index (χ2v) is 6.29. The standard InChI is InChI=1S/C21H21N3O3/c1-2-12-22-20(26)17-10-8-15(9-11-17)14-24-19(25)13-18(23-21(24)27)16-6-4-3-5-7-16/h2-11,18H,1,12-14H2,(H,22,26)(H,23,27). The molecule has 1 aliphatic rings. The predicted molar refractivity (Wildman–Crippen MR) is 102 cm³/mol. The summed E-state index contributed by atoms with van der Waals surface area (Å²) in [5.74, 6) is -0.417. The number of carbonyl (C=O) groups excluding carboxylic acids is 3. The fourth-order valence-electron chi connectivity index (χ4n) is 2.93. The predicted octanol–water partition coefficient (Wildman–Crippen LogP) is 2.79. The molecule has 2 aromatic carbocycles. The molecule has 1 aliphatic heterocycles. The van der Waals surface area contributed by atoms with Crippen molar-refractivity contribution < 1.29 is 14.4 Å². The summed E-state index contributed by atoms with van der Waals surface area (Å²) < 4.78 is 0. The van der Waals surface area contributed by atoms with Crippen LogP contribution >= 0.6 is 0 Å². The summed E-state index contributed by atoms with van der Waals surface area (Å²) >= 11 is 0. The minimum atomic E-state index is -0.409. The summed E-state index contributed by atoms with van der Waals surface area (Å²) in [5, 5.41) is 5.58. The first-order valence-electron chi connectivity index (χ1n) is 8.72. The molecular formula is C21H21N3O3. The molecule has 0 saturated carbocycles. The van der Waals surface area contributed by atoms with E-state index in [4.69, 9.17) is 0 Å². The highest BCUT2D eigenvalue weighted by Gasteiger charge is 2.32. The summed E-state index contributed by atoms with van der Waals surface area (Å²) in [6.07, 6.45) is 1.83. The van der Waals surface area contributed by atoms with Crippen LogP contribution < -0.4 is 10.6 Å². The Morgan fingerprint density at radius 3 is 2.48 bits per heavy atom. The number of benzene rings is 2. The van der Waals surface area contributed by atoms with Crippen LogP contribution in [0.2, 0.25) is 0 Å². The number of hydrogen-bond donors (Lipinski definition) is 2. The van der Waals surface area contributed by atoms with Crippen LogP contribution in [0.5, 0.6) is 0 Å². The van der Waals surface area contributed by atoms with E-state index in [0.29, 0.717) is 12.1 Å². The monoisotopic (exact) mass is 363 g/mol. The maximum absolute atomic E-state index is 12.5. The Balaban J connectivity index is 1.64. The fraction of sp³-hybridized carbons (Fsp3) is 0.190. The molecule has 0 radical (unpaired) electrons. The largest absolute Gasteiger partial charge is 0.349 e. The second-order valence-electron chi connectivity index (χ2n) is 6.29. The highest BCUT2D eigenvalue weighted by molar-refractivity contribution is 5.97. The van der Waals surface area contributed by atoms with Gasteiger partial charge in [0.2, 0.25) is 5.91 Å². The Kier molecular flexibility index (Phi) is 5.66. The van der Waals surface area contributed by atoms with Gasteiger partial charge in [-0.15, -0.1) is 6.58 Å². The minimum absolute atomic E-state index is 0.167. The van der Waals surface area contributed by atoms with Gasteiger partial charge in [-0.05, 0) is 23.3 Å². The molecule has 3 rings (SSSR count). The van der Waals surface area contributed by atoms with E-state index in [1.165, 1.54) is 4.90 Å². The van der Waals surface area contributed by atoms with Crippen LogP contribution in [-0.2, 0) is 11.3 Å². The van der Waals surface area contributed by atoms with Crippen molar-refractivity contribution >= 4 is 17.8 Å². The number of rotatable bonds is 6. The number of carbonyl (C=O) groups is 3. The van der Waals surface area contributed by atoms with E-state index >= 15 is 0 Å². The lowest BCUT2D eigenvalue weighted by molar-refractivity contribution is -0.130. The van der Waals surface area contributed by atoms with Gasteiger partial charge in [0, 0.05) is 12.1 Å². The normalized spacial score (nSPS) is 16.6. The fourth-order valence-corrected chi connectivity index (χ4v) is 2.93. The van der Waals surface area contributed by atoms with Gasteiger partial charge in [-0.2, -0.15) is 0 Å². The molecule has 27 heavy (non-hydrogen) atoms. The molecule has 1 fully saturated rings. The van der Waals surface area contributed by atoms with Crippen molar-refractivity contribution in [3.63, 3.8) is 0 Å². The van der Waals surface area contributed by atoms with Crippen molar-refractivity contribution in [2.75, 3.05) is 6.54 Å². The Morgan fingerprint density at radius 1 is 1.15 bits per heavy atom. The summed E-state index contributed by atoms with van der Waals surface area (Å²) in [5.41, 5.74) is 2.20. The van der Waals surface area contributed by atoms with Crippen LogP contribution in [0.4, 0.5) is 4.79 Å². The third-order valence-corrected chi connectivity index (χ3v) is 4.39. The van der Waals surface area contributed by atoms with Crippen molar-refractivity contribution in [1.82, 2.24) is 15.5 Å². The zero-order valence-electron chi connectivity index (χ0n) is 14.9. The van der Waals surface area contributed by atoms with Gasteiger partial charge in [0.25, 0.3) is 5.91 Å². The summed E-state index contributed by atoms with van der Waals surface area (Å²) in [7, 11) is 0. The van der Waals surface area contributed by atoms with Gasteiger partial charge in [0.15, 0.2) is 0 Å². The third-order valence-electron chi connectivity index (χ3n) is 4.39. The van der Waals surface area contributed by atoms with E-state index in [-0.39, 0.29) is 30.8 Å². The first-order valence-corrected chi connectivity index (χ1v) is 8.72. The molecule has 0 aromatic heterocycles. The quantitative estimate of drug-likeness (QED) is 0.775. The Bertz CT molecular complexity index is 829. The van der Waals surface area contributed by atoms with Crippen LogP contribution in [0.3, 0.4) is 0 Å². The zero-order chi connectivity index (χ0) is 19.2. The molecule has 1 atom stereocenters. The van der Waals surface area contributed by atoms with Gasteiger partial charge in [-0.3, -0.25) is 14.5 Å². The van der Waals surface area contributed by atoms with E-state index in [9.17, 15) is 14.4 Å². The van der Waals surface area contributed by atoms with Crippen LogP contribution in [-0.4, -0.2) is 29.3 Å². The Morgan fingerprint density at radius 2 is 1.85 bits per heavy atom. The van der Waals surface area contributed by atoms with Crippen molar-refractivity contribution in [3.8, 4) is 0 Å². The number of urea groups is 1. The first-order chi connectivity index (χ1) is 13.1. The zero-order valence-corrected chi connectivity index (χ0v) is 14.9. The third kappa shape index (κ3) is 4.41. The van der Waals surface area contributed by atoms with Gasteiger partial charge >= 0.3 is 6.03 Å². The summed E-state index contributed by atoms with van der Waals surface area (Å²) in [6, 6.07) is 15.6. The van der Waals surface area contributed by atoms with Gasteiger partial charge in [-0.1, -0.05) is 48.5 Å². The molecular weight excluding hydrogens is 342 g/mol. The van der Waals surface area contributed by atoms with Crippen LogP contribution in [0.1, 0.15) is 33.9 Å². The molecule has 1 saturated heterocycles. The van der Waals surface area contributed by atoms with Gasteiger partial charge < -0.3 is 10.6 Å². The molecule has 0 aliphatic carbocycles. The summed E-state index contributed by atoms with van der Waals surface area (Å²) in [6.45, 7) is 4.12. The van der Waals surface area contributed by atoms with E-state index in [2.05, 4.69) is 17.2 Å². The lowest BCUT2D eigenvalue weighted by Gasteiger charge is -2.31. The van der Waals surface area contributed by atoms with Crippen molar-refractivity contribution in [3.05, 3.63) is 83.9 Å². The van der Waals surface area contributed by atoms with Crippen LogP contribution in [0, 0.1) is 0 Å². The Labute approximate surface area is 157 Å². The average molecular weight is 363 g/mol. The second kappa shape index (κ2) is 8.31. The average Bonchev–Trinajstić information content (AvgIpc) is 2.70. The maximum atomic E-state index is 12.5. The van der Waals surface area contributed by atoms with E-state index in [1.54, 1.807) is 30.3 Å². The molecule has 138 valence electrons. The minimum Gasteiger partial charge on any atom is -0.349 e.